The highest BCUT2D eigenvalue weighted by Gasteiger charge is 2.22. The first-order valence-corrected chi connectivity index (χ1v) is 7.64. The monoisotopic (exact) mass is 251 g/mol. The average molecular weight is 251 g/mol. The maximum atomic E-state index is 12.0. The van der Waals surface area contributed by atoms with Crippen LogP contribution in [0.5, 0.6) is 0 Å². The summed E-state index contributed by atoms with van der Waals surface area (Å²) in [6.07, 6.45) is 1.01. The van der Waals surface area contributed by atoms with E-state index in [1.54, 1.807) is 0 Å². The maximum Gasteiger partial charge on any atom is 0.0437 e. The summed E-state index contributed by atoms with van der Waals surface area (Å²) < 4.78 is 12.0. The third kappa shape index (κ3) is 2.96. The van der Waals surface area contributed by atoms with Crippen LogP contribution in [0.3, 0.4) is 0 Å². The molecule has 94 valence electrons. The number of nitrogens with one attached hydrogen (secondary N) is 1. The Balaban J connectivity index is 2.21. The van der Waals surface area contributed by atoms with Crippen molar-refractivity contribution in [1.29, 1.82) is 0 Å². The normalized spacial score (nSPS) is 29.9. The van der Waals surface area contributed by atoms with Crippen LogP contribution < -0.4 is 5.32 Å². The number of benzene rings is 1. The van der Waals surface area contributed by atoms with Crippen LogP contribution >= 0.6 is 0 Å². The van der Waals surface area contributed by atoms with Gasteiger partial charge in [0.15, 0.2) is 0 Å². The van der Waals surface area contributed by atoms with Crippen LogP contribution in [0, 0.1) is 13.8 Å². The van der Waals surface area contributed by atoms with Gasteiger partial charge in [0, 0.05) is 27.8 Å². The van der Waals surface area contributed by atoms with Gasteiger partial charge in [0.1, 0.15) is 0 Å². The van der Waals surface area contributed by atoms with Crippen molar-refractivity contribution in [3.05, 3.63) is 34.9 Å². The lowest BCUT2D eigenvalue weighted by atomic mass is 10.0. The Kier molecular flexibility index (Phi) is 4.00. The molecule has 3 unspecified atom stereocenters. The van der Waals surface area contributed by atoms with Crippen LogP contribution in [-0.4, -0.2) is 21.8 Å². The predicted octanol–water partition coefficient (Wildman–Crippen LogP) is 2.48. The Morgan fingerprint density at radius 2 is 2.06 bits per heavy atom. The van der Waals surface area contributed by atoms with E-state index in [1.165, 1.54) is 16.7 Å². The molecule has 1 saturated heterocycles. The van der Waals surface area contributed by atoms with Crippen LogP contribution in [-0.2, 0) is 10.8 Å². The van der Waals surface area contributed by atoms with E-state index >= 15 is 0 Å². The summed E-state index contributed by atoms with van der Waals surface area (Å²) in [7, 11) is -0.707. The molecule has 17 heavy (non-hydrogen) atoms. The van der Waals surface area contributed by atoms with Crippen molar-refractivity contribution in [3.8, 4) is 0 Å². The summed E-state index contributed by atoms with van der Waals surface area (Å²) in [5.74, 6) is 0.740. The van der Waals surface area contributed by atoms with Crippen LogP contribution in [0.2, 0.25) is 0 Å². The molecule has 1 fully saturated rings. The number of hydrogen-bond donors (Lipinski definition) is 1. The Bertz CT molecular complexity index is 430. The second-order valence-electron chi connectivity index (χ2n) is 5.00. The molecule has 1 aliphatic rings. The van der Waals surface area contributed by atoms with Gasteiger partial charge >= 0.3 is 0 Å². The van der Waals surface area contributed by atoms with Gasteiger partial charge in [-0.15, -0.1) is 0 Å². The van der Waals surface area contributed by atoms with Crippen LogP contribution in [0.1, 0.15) is 36.1 Å². The van der Waals surface area contributed by atoms with Gasteiger partial charge in [0.2, 0.25) is 0 Å². The topological polar surface area (TPSA) is 29.1 Å². The molecule has 1 aliphatic heterocycles. The Morgan fingerprint density at radius 3 is 2.76 bits per heavy atom. The first kappa shape index (κ1) is 12.8. The number of hydrogen-bond acceptors (Lipinski definition) is 2. The minimum Gasteiger partial charge on any atom is -0.309 e. The van der Waals surface area contributed by atoms with Crippen LogP contribution in [0.25, 0.3) is 0 Å². The zero-order valence-corrected chi connectivity index (χ0v) is 11.6. The van der Waals surface area contributed by atoms with E-state index < -0.39 is 10.8 Å². The van der Waals surface area contributed by atoms with E-state index in [0.29, 0.717) is 5.25 Å². The van der Waals surface area contributed by atoms with Gasteiger partial charge in [-0.3, -0.25) is 4.21 Å². The standard InChI is InChI=1S/C14H21NOS/c1-10-4-5-13(8-11(10)2)14-9-17(16)12(3)6-7-15-14/h4-5,8,12,14-15H,6-7,9H2,1-3H3. The second kappa shape index (κ2) is 5.32. The van der Waals surface area contributed by atoms with Gasteiger partial charge in [0.05, 0.1) is 0 Å². The molecule has 0 aromatic heterocycles. The maximum absolute atomic E-state index is 12.0. The van der Waals surface area contributed by atoms with Gasteiger partial charge in [-0.2, -0.15) is 0 Å². The smallest absolute Gasteiger partial charge is 0.0437 e. The highest BCUT2D eigenvalue weighted by Crippen LogP contribution is 2.21. The van der Waals surface area contributed by atoms with Crippen molar-refractivity contribution in [1.82, 2.24) is 5.32 Å². The molecule has 2 nitrogen and oxygen atoms in total. The van der Waals surface area contributed by atoms with E-state index in [-0.39, 0.29) is 6.04 Å². The van der Waals surface area contributed by atoms with Crippen molar-refractivity contribution >= 4 is 10.8 Å². The fourth-order valence-corrected chi connectivity index (χ4v) is 3.52. The van der Waals surface area contributed by atoms with E-state index in [9.17, 15) is 4.21 Å². The molecular formula is C14H21NOS. The molecule has 0 aliphatic carbocycles. The van der Waals surface area contributed by atoms with Crippen molar-refractivity contribution in [2.24, 2.45) is 0 Å². The molecular weight excluding hydrogens is 230 g/mol. The van der Waals surface area contributed by atoms with E-state index in [0.717, 1.165) is 18.7 Å². The Hall–Kier alpha value is -0.670. The Labute approximate surface area is 106 Å². The van der Waals surface area contributed by atoms with Crippen LogP contribution in [0.15, 0.2) is 18.2 Å². The Morgan fingerprint density at radius 1 is 1.29 bits per heavy atom. The summed E-state index contributed by atoms with van der Waals surface area (Å²) in [4.78, 5) is 0. The molecule has 2 rings (SSSR count). The van der Waals surface area contributed by atoms with Crippen molar-refractivity contribution in [2.75, 3.05) is 12.3 Å². The summed E-state index contributed by atoms with van der Waals surface area (Å²) in [5.41, 5.74) is 3.90. The quantitative estimate of drug-likeness (QED) is 0.831. The SMILES string of the molecule is Cc1ccc(C2CS(=O)C(C)CCN2)cc1C. The van der Waals surface area contributed by atoms with Crippen molar-refractivity contribution in [3.63, 3.8) is 0 Å². The molecule has 0 amide bonds. The van der Waals surface area contributed by atoms with Crippen LogP contribution in [0.4, 0.5) is 0 Å². The molecule has 0 spiro atoms. The molecule has 0 saturated carbocycles. The predicted molar refractivity (Wildman–Crippen MR) is 73.7 cm³/mol. The second-order valence-corrected chi connectivity index (χ2v) is 6.90. The minimum absolute atomic E-state index is 0.250. The largest absolute Gasteiger partial charge is 0.309 e. The number of rotatable bonds is 1. The molecule has 3 heteroatoms. The summed E-state index contributed by atoms with van der Waals surface area (Å²) in [6.45, 7) is 7.31. The highest BCUT2D eigenvalue weighted by atomic mass is 32.2. The molecule has 0 bridgehead atoms. The summed E-state index contributed by atoms with van der Waals surface area (Å²) in [5, 5.41) is 3.83. The highest BCUT2D eigenvalue weighted by molar-refractivity contribution is 7.85. The molecule has 1 aromatic rings. The summed E-state index contributed by atoms with van der Waals surface area (Å²) in [6, 6.07) is 6.79. The molecule has 1 N–H and O–H groups in total. The lowest BCUT2D eigenvalue weighted by Gasteiger charge is -2.17. The van der Waals surface area contributed by atoms with E-state index in [4.69, 9.17) is 0 Å². The first-order chi connectivity index (χ1) is 8.08. The molecule has 1 heterocycles. The van der Waals surface area contributed by atoms with E-state index in [2.05, 4.69) is 44.3 Å². The fraction of sp³-hybridized carbons (Fsp3) is 0.571. The number of aryl methyl sites for hydroxylation is 2. The van der Waals surface area contributed by atoms with E-state index in [1.807, 2.05) is 0 Å². The van der Waals surface area contributed by atoms with Gasteiger partial charge in [-0.05, 0) is 43.5 Å². The summed E-state index contributed by atoms with van der Waals surface area (Å²) >= 11 is 0. The van der Waals surface area contributed by atoms with Gasteiger partial charge in [0.25, 0.3) is 0 Å². The van der Waals surface area contributed by atoms with Crippen molar-refractivity contribution < 1.29 is 4.21 Å². The lowest BCUT2D eigenvalue weighted by molar-refractivity contribution is 0.578. The zero-order chi connectivity index (χ0) is 12.4. The first-order valence-electron chi connectivity index (χ1n) is 6.25. The van der Waals surface area contributed by atoms with Gasteiger partial charge in [-0.25, -0.2) is 0 Å². The molecule has 0 radical (unpaired) electrons. The zero-order valence-electron chi connectivity index (χ0n) is 10.8. The lowest BCUT2D eigenvalue weighted by Crippen LogP contribution is -2.24. The van der Waals surface area contributed by atoms with Gasteiger partial charge < -0.3 is 5.32 Å². The third-order valence-electron chi connectivity index (χ3n) is 3.65. The average Bonchev–Trinajstić information content (AvgIpc) is 2.46. The minimum atomic E-state index is -0.707. The molecule has 3 atom stereocenters. The van der Waals surface area contributed by atoms with Crippen molar-refractivity contribution in [2.45, 2.75) is 38.5 Å². The molecule has 1 aromatic carbocycles. The van der Waals surface area contributed by atoms with Gasteiger partial charge in [-0.1, -0.05) is 25.1 Å². The fourth-order valence-electron chi connectivity index (χ4n) is 2.18. The third-order valence-corrected chi connectivity index (χ3v) is 5.45.